The second-order valence-electron chi connectivity index (χ2n) is 7.28. The topological polar surface area (TPSA) is 87.4 Å². The van der Waals surface area contributed by atoms with E-state index in [0.717, 1.165) is 16.6 Å². The minimum Gasteiger partial charge on any atom is -0.507 e. The number of oxazole rings is 1. The zero-order chi connectivity index (χ0) is 20.4. The smallest absolute Gasteiger partial charge is 0.231 e. The van der Waals surface area contributed by atoms with Crippen molar-refractivity contribution in [2.45, 2.75) is 34.1 Å². The Labute approximate surface area is 169 Å². The summed E-state index contributed by atoms with van der Waals surface area (Å²) >= 11 is 5.15. The highest BCUT2D eigenvalue weighted by molar-refractivity contribution is 7.80. The lowest BCUT2D eigenvalue weighted by molar-refractivity contribution is -0.120. The number of thiocarbonyl (C=S) groups is 1. The molecule has 0 spiro atoms. The van der Waals surface area contributed by atoms with Gasteiger partial charge in [-0.2, -0.15) is 0 Å². The predicted molar refractivity (Wildman–Crippen MR) is 114 cm³/mol. The van der Waals surface area contributed by atoms with Gasteiger partial charge in [-0.1, -0.05) is 19.9 Å². The van der Waals surface area contributed by atoms with Gasteiger partial charge in [-0.05, 0) is 61.3 Å². The molecule has 1 aromatic heterocycles. The molecule has 0 unspecified atom stereocenters. The summed E-state index contributed by atoms with van der Waals surface area (Å²) in [6.07, 6.45) is 0.391. The molecule has 0 aliphatic carbocycles. The fourth-order valence-corrected chi connectivity index (χ4v) is 3.22. The maximum Gasteiger partial charge on any atom is 0.231 e. The van der Waals surface area contributed by atoms with Crippen molar-refractivity contribution in [2.75, 3.05) is 5.32 Å². The molecule has 3 rings (SSSR count). The summed E-state index contributed by atoms with van der Waals surface area (Å²) < 4.78 is 5.86. The summed E-state index contributed by atoms with van der Waals surface area (Å²) in [6.45, 7) is 7.89. The Hall–Kier alpha value is -2.93. The van der Waals surface area contributed by atoms with Gasteiger partial charge in [-0.3, -0.25) is 4.79 Å². The van der Waals surface area contributed by atoms with Gasteiger partial charge < -0.3 is 20.2 Å². The van der Waals surface area contributed by atoms with Crippen molar-refractivity contribution in [1.82, 2.24) is 10.3 Å². The van der Waals surface area contributed by atoms with Crippen LogP contribution in [0.2, 0.25) is 0 Å². The van der Waals surface area contributed by atoms with E-state index in [9.17, 15) is 9.90 Å². The molecular formula is C21H23N3O3S. The molecule has 0 radical (unpaired) electrons. The van der Waals surface area contributed by atoms with Crippen LogP contribution in [0.1, 0.15) is 31.4 Å². The SMILES string of the molecule is Cc1cc(C)c2oc(-c3ccc(NC(=S)NC(=O)CC(C)C)cc3O)nc2c1. The minimum atomic E-state index is -0.148. The van der Waals surface area contributed by atoms with Gasteiger partial charge in [0.15, 0.2) is 10.7 Å². The summed E-state index contributed by atoms with van der Waals surface area (Å²) in [5.74, 6) is 0.447. The second kappa shape index (κ2) is 7.98. The molecule has 0 saturated carbocycles. The molecule has 0 aliphatic heterocycles. The Balaban J connectivity index is 1.78. The number of amides is 1. The molecular weight excluding hydrogens is 374 g/mol. The third-order valence-corrected chi connectivity index (χ3v) is 4.36. The number of phenols is 1. The second-order valence-corrected chi connectivity index (χ2v) is 7.69. The van der Waals surface area contributed by atoms with E-state index in [4.69, 9.17) is 16.6 Å². The molecule has 0 saturated heterocycles. The van der Waals surface area contributed by atoms with Crippen molar-refractivity contribution in [3.05, 3.63) is 41.5 Å². The number of nitrogens with zero attached hydrogens (tertiary/aromatic N) is 1. The van der Waals surface area contributed by atoms with Crippen molar-refractivity contribution in [3.63, 3.8) is 0 Å². The molecule has 0 atom stereocenters. The highest BCUT2D eigenvalue weighted by atomic mass is 32.1. The molecule has 1 heterocycles. The quantitative estimate of drug-likeness (QED) is 0.554. The number of anilines is 1. The van der Waals surface area contributed by atoms with Crippen molar-refractivity contribution in [1.29, 1.82) is 0 Å². The number of carbonyl (C=O) groups is 1. The normalized spacial score (nSPS) is 11.0. The number of nitrogens with one attached hydrogen (secondary N) is 2. The Morgan fingerprint density at radius 3 is 2.68 bits per heavy atom. The third kappa shape index (κ3) is 4.48. The maximum atomic E-state index is 11.8. The number of aryl methyl sites for hydroxylation is 2. The number of benzene rings is 2. The van der Waals surface area contributed by atoms with Crippen LogP contribution in [0.3, 0.4) is 0 Å². The number of hydrogen-bond donors (Lipinski definition) is 3. The van der Waals surface area contributed by atoms with Crippen molar-refractivity contribution < 1.29 is 14.3 Å². The van der Waals surface area contributed by atoms with E-state index in [1.165, 1.54) is 6.07 Å². The highest BCUT2D eigenvalue weighted by Crippen LogP contribution is 2.34. The van der Waals surface area contributed by atoms with Crippen LogP contribution in [0.5, 0.6) is 5.75 Å². The zero-order valence-electron chi connectivity index (χ0n) is 16.3. The molecule has 3 aromatic rings. The maximum absolute atomic E-state index is 11.8. The fourth-order valence-electron chi connectivity index (χ4n) is 2.99. The molecule has 28 heavy (non-hydrogen) atoms. The zero-order valence-corrected chi connectivity index (χ0v) is 17.1. The van der Waals surface area contributed by atoms with Gasteiger partial charge in [0.05, 0.1) is 5.56 Å². The van der Waals surface area contributed by atoms with Crippen molar-refractivity contribution in [3.8, 4) is 17.2 Å². The lowest BCUT2D eigenvalue weighted by atomic mass is 10.1. The lowest BCUT2D eigenvalue weighted by Gasteiger charge is -2.11. The monoisotopic (exact) mass is 397 g/mol. The van der Waals surface area contributed by atoms with Crippen LogP contribution in [0.4, 0.5) is 5.69 Å². The number of aromatic hydroxyl groups is 1. The first-order valence-corrected chi connectivity index (χ1v) is 9.45. The van der Waals surface area contributed by atoms with E-state index < -0.39 is 0 Å². The molecule has 1 amide bonds. The van der Waals surface area contributed by atoms with Crippen LogP contribution < -0.4 is 10.6 Å². The Morgan fingerprint density at radius 1 is 1.25 bits per heavy atom. The number of phenolic OH excluding ortho intramolecular Hbond substituents is 1. The number of rotatable bonds is 4. The fraction of sp³-hybridized carbons (Fsp3) is 0.286. The number of aromatic nitrogens is 1. The van der Waals surface area contributed by atoms with E-state index in [1.807, 2.05) is 39.8 Å². The van der Waals surface area contributed by atoms with Crippen LogP contribution in [0.25, 0.3) is 22.6 Å². The van der Waals surface area contributed by atoms with Crippen LogP contribution in [0.15, 0.2) is 34.7 Å². The lowest BCUT2D eigenvalue weighted by Crippen LogP contribution is -2.34. The van der Waals surface area contributed by atoms with Crippen molar-refractivity contribution in [2.24, 2.45) is 5.92 Å². The number of fused-ring (bicyclic) bond motifs is 1. The Morgan fingerprint density at radius 2 is 2.00 bits per heavy atom. The largest absolute Gasteiger partial charge is 0.507 e. The van der Waals surface area contributed by atoms with Gasteiger partial charge in [0.1, 0.15) is 11.3 Å². The van der Waals surface area contributed by atoms with Crippen LogP contribution in [-0.2, 0) is 4.79 Å². The van der Waals surface area contributed by atoms with E-state index in [2.05, 4.69) is 15.6 Å². The molecule has 3 N–H and O–H groups in total. The Bertz CT molecular complexity index is 1060. The molecule has 0 bridgehead atoms. The first kappa shape index (κ1) is 19.8. The first-order chi connectivity index (χ1) is 13.2. The van der Waals surface area contributed by atoms with Gasteiger partial charge in [0.25, 0.3) is 0 Å². The first-order valence-electron chi connectivity index (χ1n) is 9.05. The summed E-state index contributed by atoms with van der Waals surface area (Å²) in [4.78, 5) is 16.3. The molecule has 2 aromatic carbocycles. The van der Waals surface area contributed by atoms with Crippen LogP contribution in [-0.4, -0.2) is 21.1 Å². The Kier molecular flexibility index (Phi) is 5.65. The molecule has 0 aliphatic rings. The highest BCUT2D eigenvalue weighted by Gasteiger charge is 2.15. The summed E-state index contributed by atoms with van der Waals surface area (Å²) in [7, 11) is 0. The van der Waals surface area contributed by atoms with E-state index >= 15 is 0 Å². The van der Waals surface area contributed by atoms with Crippen LogP contribution in [0, 0.1) is 19.8 Å². The van der Waals surface area contributed by atoms with Gasteiger partial charge in [0, 0.05) is 18.2 Å². The number of carbonyl (C=O) groups excluding carboxylic acids is 1. The molecule has 0 fully saturated rings. The van der Waals surface area contributed by atoms with Gasteiger partial charge in [-0.25, -0.2) is 4.98 Å². The summed E-state index contributed by atoms with van der Waals surface area (Å²) in [5.41, 5.74) is 4.59. The predicted octanol–water partition coefficient (Wildman–Crippen LogP) is 4.68. The van der Waals surface area contributed by atoms with Gasteiger partial charge in [0.2, 0.25) is 11.8 Å². The standard InChI is InChI=1S/C21H23N3O3S/c1-11(2)7-18(26)24-21(28)22-14-5-6-15(17(25)10-14)20-23-16-9-12(3)8-13(4)19(16)27-20/h5-6,8-11,25H,7H2,1-4H3,(H2,22,24,26,28). The van der Waals surface area contributed by atoms with Crippen LogP contribution >= 0.6 is 12.2 Å². The van der Waals surface area contributed by atoms with E-state index in [1.54, 1.807) is 12.1 Å². The van der Waals surface area contributed by atoms with E-state index in [-0.39, 0.29) is 22.7 Å². The third-order valence-electron chi connectivity index (χ3n) is 4.15. The average molecular weight is 398 g/mol. The van der Waals surface area contributed by atoms with Crippen molar-refractivity contribution >= 4 is 40.0 Å². The number of hydrogen-bond acceptors (Lipinski definition) is 5. The minimum absolute atomic E-state index is 0.00207. The molecule has 146 valence electrons. The van der Waals surface area contributed by atoms with Gasteiger partial charge in [-0.15, -0.1) is 0 Å². The molecule has 6 nitrogen and oxygen atoms in total. The average Bonchev–Trinajstić information content (AvgIpc) is 2.97. The summed E-state index contributed by atoms with van der Waals surface area (Å²) in [6, 6.07) is 8.93. The summed E-state index contributed by atoms with van der Waals surface area (Å²) in [5, 5.41) is 16.1. The van der Waals surface area contributed by atoms with Gasteiger partial charge >= 0.3 is 0 Å². The van der Waals surface area contributed by atoms with E-state index in [0.29, 0.717) is 29.1 Å². The molecule has 7 heteroatoms.